The molecule has 1 aromatic carbocycles. The van der Waals surface area contributed by atoms with Crippen LogP contribution in [0.5, 0.6) is 0 Å². The molecule has 0 aliphatic carbocycles. The molecule has 0 aliphatic rings. The average molecular weight is 329 g/mol. The van der Waals surface area contributed by atoms with Gasteiger partial charge in [-0.05, 0) is 64.3 Å². The number of H-pyrrole nitrogens is 1. The van der Waals surface area contributed by atoms with Crippen molar-refractivity contribution in [3.05, 3.63) is 52.8 Å². The molecule has 0 aliphatic heterocycles. The summed E-state index contributed by atoms with van der Waals surface area (Å²) in [6, 6.07) is 9.57. The number of aromatic amines is 1. The molecule has 1 aromatic heterocycles. The number of aromatic nitrogens is 2. The van der Waals surface area contributed by atoms with Gasteiger partial charge >= 0.3 is 0 Å². The summed E-state index contributed by atoms with van der Waals surface area (Å²) in [5, 5.41) is 19.9. The lowest BCUT2D eigenvalue weighted by Gasteiger charge is -2.17. The minimum Gasteiger partial charge on any atom is -0.390 e. The third-order valence-corrected chi connectivity index (χ3v) is 3.87. The first-order chi connectivity index (χ1) is 11.2. The maximum absolute atomic E-state index is 12.4. The van der Waals surface area contributed by atoms with Gasteiger partial charge in [-0.1, -0.05) is 12.1 Å². The van der Waals surface area contributed by atoms with E-state index in [1.54, 1.807) is 13.8 Å². The van der Waals surface area contributed by atoms with Crippen molar-refractivity contribution in [3.8, 4) is 0 Å². The number of carbonyl (C=O) groups is 1. The van der Waals surface area contributed by atoms with Crippen molar-refractivity contribution in [3.63, 3.8) is 0 Å². The van der Waals surface area contributed by atoms with Crippen LogP contribution in [0.3, 0.4) is 0 Å². The Morgan fingerprint density at radius 2 is 2.12 bits per heavy atom. The van der Waals surface area contributed by atoms with Gasteiger partial charge in [0.25, 0.3) is 5.91 Å². The van der Waals surface area contributed by atoms with Gasteiger partial charge in [-0.15, -0.1) is 0 Å². The van der Waals surface area contributed by atoms with Crippen molar-refractivity contribution in [1.82, 2.24) is 15.5 Å². The molecule has 0 fully saturated rings. The zero-order valence-electron chi connectivity index (χ0n) is 14.9. The second kappa shape index (κ2) is 7.62. The maximum atomic E-state index is 12.4. The number of amides is 1. The SMILES string of the molecule is Cc1cc(C[C@@H](C)NC(=O)c2cccc(CCC(C)(C)O)c2)n[nH]1. The van der Waals surface area contributed by atoms with E-state index in [0.717, 1.165) is 23.4 Å². The van der Waals surface area contributed by atoms with Gasteiger partial charge in [0.1, 0.15) is 0 Å². The molecule has 2 rings (SSSR count). The Morgan fingerprint density at radius 1 is 1.38 bits per heavy atom. The number of rotatable bonds is 7. The van der Waals surface area contributed by atoms with E-state index in [0.29, 0.717) is 18.4 Å². The topological polar surface area (TPSA) is 78.0 Å². The van der Waals surface area contributed by atoms with Gasteiger partial charge in [0, 0.05) is 23.7 Å². The molecule has 5 nitrogen and oxygen atoms in total. The van der Waals surface area contributed by atoms with E-state index < -0.39 is 5.60 Å². The molecule has 0 unspecified atom stereocenters. The van der Waals surface area contributed by atoms with Crippen LogP contribution in [0.15, 0.2) is 30.3 Å². The van der Waals surface area contributed by atoms with E-state index in [1.807, 2.05) is 44.2 Å². The van der Waals surface area contributed by atoms with Crippen molar-refractivity contribution in [1.29, 1.82) is 0 Å². The Labute approximate surface area is 143 Å². The number of nitrogens with one attached hydrogen (secondary N) is 2. The predicted octanol–water partition coefficient (Wildman–Crippen LogP) is 2.78. The lowest BCUT2D eigenvalue weighted by Crippen LogP contribution is -2.34. The van der Waals surface area contributed by atoms with E-state index in [2.05, 4.69) is 15.5 Å². The Bertz CT molecular complexity index is 686. The molecule has 5 heteroatoms. The van der Waals surface area contributed by atoms with E-state index in [9.17, 15) is 9.90 Å². The lowest BCUT2D eigenvalue weighted by molar-refractivity contribution is 0.0714. The summed E-state index contributed by atoms with van der Waals surface area (Å²) in [6.45, 7) is 7.52. The van der Waals surface area contributed by atoms with Crippen LogP contribution < -0.4 is 5.32 Å². The summed E-state index contributed by atoms with van der Waals surface area (Å²) in [7, 11) is 0. The van der Waals surface area contributed by atoms with E-state index in [-0.39, 0.29) is 11.9 Å². The molecule has 0 radical (unpaired) electrons. The Balaban J connectivity index is 1.94. The van der Waals surface area contributed by atoms with E-state index >= 15 is 0 Å². The number of hydrogen-bond acceptors (Lipinski definition) is 3. The van der Waals surface area contributed by atoms with Crippen LogP contribution in [-0.4, -0.2) is 32.9 Å². The molecular formula is C19H27N3O2. The molecule has 0 saturated heterocycles. The zero-order valence-corrected chi connectivity index (χ0v) is 14.9. The van der Waals surface area contributed by atoms with Crippen LogP contribution >= 0.6 is 0 Å². The normalized spacial score (nSPS) is 12.9. The first kappa shape index (κ1) is 18.2. The first-order valence-electron chi connectivity index (χ1n) is 8.36. The molecule has 24 heavy (non-hydrogen) atoms. The average Bonchev–Trinajstić information content (AvgIpc) is 2.89. The lowest BCUT2D eigenvalue weighted by atomic mass is 9.98. The summed E-state index contributed by atoms with van der Waals surface area (Å²) in [6.07, 6.45) is 2.09. The van der Waals surface area contributed by atoms with Gasteiger partial charge in [0.15, 0.2) is 0 Å². The highest BCUT2D eigenvalue weighted by atomic mass is 16.3. The highest BCUT2D eigenvalue weighted by Gasteiger charge is 2.14. The predicted molar refractivity (Wildman–Crippen MR) is 95.0 cm³/mol. The molecule has 0 spiro atoms. The van der Waals surface area contributed by atoms with Gasteiger partial charge in [-0.25, -0.2) is 0 Å². The van der Waals surface area contributed by atoms with Crippen LogP contribution in [0, 0.1) is 6.92 Å². The van der Waals surface area contributed by atoms with Gasteiger partial charge < -0.3 is 10.4 Å². The second-order valence-electron chi connectivity index (χ2n) is 7.13. The minimum absolute atomic E-state index is 0.000214. The van der Waals surface area contributed by atoms with Gasteiger partial charge in [0.2, 0.25) is 0 Å². The highest BCUT2D eigenvalue weighted by Crippen LogP contribution is 2.14. The third kappa shape index (κ3) is 5.81. The highest BCUT2D eigenvalue weighted by molar-refractivity contribution is 5.94. The molecule has 1 amide bonds. The van der Waals surface area contributed by atoms with Crippen LogP contribution in [0.1, 0.15) is 54.5 Å². The maximum Gasteiger partial charge on any atom is 0.251 e. The van der Waals surface area contributed by atoms with Crippen molar-refractivity contribution < 1.29 is 9.90 Å². The fourth-order valence-electron chi connectivity index (χ4n) is 2.57. The first-order valence-corrected chi connectivity index (χ1v) is 8.36. The fraction of sp³-hybridized carbons (Fsp3) is 0.474. The molecule has 1 atom stereocenters. The standard InChI is InChI=1S/C19H27N3O2/c1-13(10-17-11-14(2)21-22-17)20-18(23)16-7-5-6-15(12-16)8-9-19(3,4)24/h5-7,11-13,24H,8-10H2,1-4H3,(H,20,23)(H,21,22)/t13-/m1/s1. The molecule has 130 valence electrons. The monoisotopic (exact) mass is 329 g/mol. The van der Waals surface area contributed by atoms with Crippen molar-refractivity contribution >= 4 is 5.91 Å². The molecule has 0 saturated carbocycles. The fourth-order valence-corrected chi connectivity index (χ4v) is 2.57. The molecular weight excluding hydrogens is 302 g/mol. The molecule has 3 N–H and O–H groups in total. The van der Waals surface area contributed by atoms with Crippen LogP contribution in [0.25, 0.3) is 0 Å². The van der Waals surface area contributed by atoms with Gasteiger partial charge in [-0.2, -0.15) is 5.10 Å². The van der Waals surface area contributed by atoms with Gasteiger partial charge in [-0.3, -0.25) is 9.89 Å². The van der Waals surface area contributed by atoms with Crippen molar-refractivity contribution in [2.45, 2.75) is 58.6 Å². The van der Waals surface area contributed by atoms with E-state index in [4.69, 9.17) is 0 Å². The van der Waals surface area contributed by atoms with Gasteiger partial charge in [0.05, 0.1) is 11.3 Å². The summed E-state index contributed by atoms with van der Waals surface area (Å²) in [5.74, 6) is -0.0835. The van der Waals surface area contributed by atoms with E-state index in [1.165, 1.54) is 0 Å². The molecule has 0 bridgehead atoms. The number of benzene rings is 1. The summed E-state index contributed by atoms with van der Waals surface area (Å²) >= 11 is 0. The minimum atomic E-state index is -0.700. The largest absolute Gasteiger partial charge is 0.390 e. The quantitative estimate of drug-likeness (QED) is 0.731. The molecule has 2 aromatic rings. The molecule has 1 heterocycles. The summed E-state index contributed by atoms with van der Waals surface area (Å²) in [4.78, 5) is 12.4. The summed E-state index contributed by atoms with van der Waals surface area (Å²) in [5.41, 5.74) is 2.96. The number of aliphatic hydroxyl groups is 1. The number of aryl methyl sites for hydroxylation is 2. The Kier molecular flexibility index (Phi) is 5.78. The Hall–Kier alpha value is -2.14. The van der Waals surface area contributed by atoms with Crippen LogP contribution in [0.4, 0.5) is 0 Å². The van der Waals surface area contributed by atoms with Crippen LogP contribution in [0.2, 0.25) is 0 Å². The Morgan fingerprint density at radius 3 is 2.75 bits per heavy atom. The van der Waals surface area contributed by atoms with Crippen LogP contribution in [-0.2, 0) is 12.8 Å². The number of nitrogens with zero attached hydrogens (tertiary/aromatic N) is 1. The summed E-state index contributed by atoms with van der Waals surface area (Å²) < 4.78 is 0. The van der Waals surface area contributed by atoms with Crippen molar-refractivity contribution in [2.24, 2.45) is 0 Å². The number of hydrogen-bond donors (Lipinski definition) is 3. The second-order valence-corrected chi connectivity index (χ2v) is 7.13. The smallest absolute Gasteiger partial charge is 0.251 e. The van der Waals surface area contributed by atoms with Crippen molar-refractivity contribution in [2.75, 3.05) is 0 Å². The third-order valence-electron chi connectivity index (χ3n) is 3.87. The zero-order chi connectivity index (χ0) is 17.7. The number of carbonyl (C=O) groups excluding carboxylic acids is 1.